The highest BCUT2D eigenvalue weighted by atomic mass is 32.2. The summed E-state index contributed by atoms with van der Waals surface area (Å²) in [6.45, 7) is 3.31. The molecule has 34 heavy (non-hydrogen) atoms. The standard InChI is InChI=1S/C24H26FN5O3S/c25-17-11-28-18-1-2-21(31)30-14-24(32,22(17)23(18)30)13-29-5-3-15(4-6-29)26-10-16-9-20-19(12-27-16)33-7-8-34-20/h1-2,9,11-12,15,26,32H,3-8,10,13-14H2/t24-/m0/s1. The van der Waals surface area contributed by atoms with Crippen LogP contribution in [0.2, 0.25) is 0 Å². The summed E-state index contributed by atoms with van der Waals surface area (Å²) >= 11 is 1.80. The minimum Gasteiger partial charge on any atom is -0.490 e. The molecule has 0 unspecified atom stereocenters. The van der Waals surface area contributed by atoms with Crippen LogP contribution in [-0.2, 0) is 18.7 Å². The van der Waals surface area contributed by atoms with E-state index in [0.29, 0.717) is 23.6 Å². The number of aromatic nitrogens is 3. The number of rotatable bonds is 5. The van der Waals surface area contributed by atoms with Crippen LogP contribution in [0.15, 0.2) is 40.3 Å². The normalized spacial score (nSPS) is 22.6. The molecule has 3 aromatic heterocycles. The van der Waals surface area contributed by atoms with Crippen molar-refractivity contribution in [3.63, 3.8) is 0 Å². The van der Waals surface area contributed by atoms with Crippen molar-refractivity contribution in [3.8, 4) is 5.75 Å². The molecule has 0 amide bonds. The van der Waals surface area contributed by atoms with Crippen LogP contribution in [0.4, 0.5) is 4.39 Å². The van der Waals surface area contributed by atoms with E-state index in [1.165, 1.54) is 10.6 Å². The van der Waals surface area contributed by atoms with Crippen molar-refractivity contribution in [1.82, 2.24) is 24.8 Å². The summed E-state index contributed by atoms with van der Waals surface area (Å²) in [5.41, 5.74) is 0.422. The highest BCUT2D eigenvalue weighted by molar-refractivity contribution is 7.99. The molecule has 6 heterocycles. The largest absolute Gasteiger partial charge is 0.490 e. The van der Waals surface area contributed by atoms with Gasteiger partial charge in [-0.1, -0.05) is 0 Å². The van der Waals surface area contributed by atoms with E-state index >= 15 is 0 Å². The molecule has 10 heteroatoms. The molecular weight excluding hydrogens is 457 g/mol. The molecule has 2 N–H and O–H groups in total. The average molecular weight is 484 g/mol. The fraction of sp³-hybridized carbons (Fsp3) is 0.458. The molecule has 3 aliphatic heterocycles. The highest BCUT2D eigenvalue weighted by Crippen LogP contribution is 2.38. The van der Waals surface area contributed by atoms with E-state index in [0.717, 1.165) is 60.8 Å². The molecule has 1 atom stereocenters. The molecule has 6 rings (SSSR count). The Kier molecular flexibility index (Phi) is 5.56. The minimum absolute atomic E-state index is 0.0466. The monoisotopic (exact) mass is 483 g/mol. The number of nitrogens with one attached hydrogen (secondary N) is 1. The van der Waals surface area contributed by atoms with Gasteiger partial charge in [0.2, 0.25) is 0 Å². The molecule has 0 aliphatic carbocycles. The van der Waals surface area contributed by atoms with Crippen LogP contribution in [0.5, 0.6) is 5.75 Å². The molecule has 178 valence electrons. The lowest BCUT2D eigenvalue weighted by molar-refractivity contribution is -0.0159. The van der Waals surface area contributed by atoms with E-state index in [4.69, 9.17) is 4.74 Å². The summed E-state index contributed by atoms with van der Waals surface area (Å²) in [5.74, 6) is 1.26. The summed E-state index contributed by atoms with van der Waals surface area (Å²) in [7, 11) is 0. The predicted molar refractivity (Wildman–Crippen MR) is 127 cm³/mol. The number of likely N-dealkylation sites (tertiary alicyclic amines) is 1. The lowest BCUT2D eigenvalue weighted by Crippen LogP contribution is -2.48. The molecule has 1 fully saturated rings. The molecule has 0 bridgehead atoms. The summed E-state index contributed by atoms with van der Waals surface area (Å²) in [6.07, 6.45) is 4.78. The van der Waals surface area contributed by atoms with Crippen LogP contribution in [0.25, 0.3) is 11.0 Å². The lowest BCUT2D eigenvalue weighted by Gasteiger charge is -2.37. The second-order valence-corrected chi connectivity index (χ2v) is 10.4. The summed E-state index contributed by atoms with van der Waals surface area (Å²) in [4.78, 5) is 24.3. The van der Waals surface area contributed by atoms with Gasteiger partial charge in [0.25, 0.3) is 5.56 Å². The predicted octanol–water partition coefficient (Wildman–Crippen LogP) is 1.87. The van der Waals surface area contributed by atoms with Gasteiger partial charge < -0.3 is 19.7 Å². The van der Waals surface area contributed by atoms with Crippen LogP contribution >= 0.6 is 11.8 Å². The molecule has 0 radical (unpaired) electrons. The van der Waals surface area contributed by atoms with E-state index in [1.807, 2.05) is 6.20 Å². The summed E-state index contributed by atoms with van der Waals surface area (Å²) in [5, 5.41) is 15.1. The van der Waals surface area contributed by atoms with E-state index in [9.17, 15) is 14.3 Å². The fourth-order valence-electron chi connectivity index (χ4n) is 5.31. The Bertz CT molecular complexity index is 1310. The third-order valence-electron chi connectivity index (χ3n) is 6.97. The van der Waals surface area contributed by atoms with Gasteiger partial charge in [-0.05, 0) is 38.1 Å². The van der Waals surface area contributed by atoms with E-state index < -0.39 is 11.4 Å². The molecule has 3 aliphatic rings. The SMILES string of the molecule is O=c1ccc2ncc(F)c3c2n1C[C@@]3(O)CN1CCC(NCc2cc3c(cn2)OCCS3)CC1. The number of β-amino-alcohol motifs (C(OH)–C–C–N with tert-alkyl or cyclic N) is 1. The molecule has 3 aromatic rings. The maximum atomic E-state index is 14.8. The zero-order valence-electron chi connectivity index (χ0n) is 18.7. The zero-order valence-corrected chi connectivity index (χ0v) is 19.5. The van der Waals surface area contributed by atoms with Crippen molar-refractivity contribution in [1.29, 1.82) is 0 Å². The van der Waals surface area contributed by atoms with Crippen LogP contribution in [0.1, 0.15) is 24.1 Å². The maximum Gasteiger partial charge on any atom is 0.251 e. The van der Waals surface area contributed by atoms with Crippen molar-refractivity contribution in [2.45, 2.75) is 42.5 Å². The number of pyridine rings is 3. The Balaban J connectivity index is 1.09. The molecule has 1 saturated heterocycles. The van der Waals surface area contributed by atoms with Crippen LogP contribution in [-0.4, -0.2) is 62.6 Å². The molecular formula is C24H26FN5O3S. The fourth-order valence-corrected chi connectivity index (χ4v) is 6.17. The Morgan fingerprint density at radius 3 is 2.97 bits per heavy atom. The van der Waals surface area contributed by atoms with Gasteiger partial charge in [-0.2, -0.15) is 0 Å². The first kappa shape index (κ1) is 22.0. The van der Waals surface area contributed by atoms with Crippen LogP contribution in [0, 0.1) is 5.82 Å². The number of hydrogen-bond acceptors (Lipinski definition) is 8. The van der Waals surface area contributed by atoms with Gasteiger partial charge in [0.05, 0.1) is 52.7 Å². The quantitative estimate of drug-likeness (QED) is 0.568. The Labute approximate surface area is 200 Å². The van der Waals surface area contributed by atoms with Gasteiger partial charge in [-0.25, -0.2) is 4.39 Å². The number of ether oxygens (including phenoxy) is 1. The number of aliphatic hydroxyl groups is 1. The third kappa shape index (κ3) is 3.88. The average Bonchev–Trinajstić information content (AvgIpc) is 3.17. The van der Waals surface area contributed by atoms with Crippen LogP contribution in [0.3, 0.4) is 0 Å². The summed E-state index contributed by atoms with van der Waals surface area (Å²) in [6, 6.07) is 5.45. The van der Waals surface area contributed by atoms with Crippen molar-refractivity contribution < 1.29 is 14.2 Å². The number of thioether (sulfide) groups is 1. The number of piperidine rings is 1. The topological polar surface area (TPSA) is 92.5 Å². The zero-order chi connectivity index (χ0) is 23.3. The van der Waals surface area contributed by atoms with Gasteiger partial charge in [0.15, 0.2) is 5.75 Å². The Morgan fingerprint density at radius 2 is 2.12 bits per heavy atom. The van der Waals surface area contributed by atoms with Crippen LogP contribution < -0.4 is 15.6 Å². The van der Waals surface area contributed by atoms with Crippen molar-refractivity contribution in [3.05, 3.63) is 58.0 Å². The van der Waals surface area contributed by atoms with Gasteiger partial charge in [0, 0.05) is 31.0 Å². The lowest BCUT2D eigenvalue weighted by atomic mass is 9.93. The van der Waals surface area contributed by atoms with Gasteiger partial charge in [-0.3, -0.25) is 19.7 Å². The number of fused-ring (bicyclic) bond motifs is 1. The Morgan fingerprint density at radius 1 is 1.26 bits per heavy atom. The van der Waals surface area contributed by atoms with Gasteiger partial charge in [-0.15, -0.1) is 11.8 Å². The molecule has 0 saturated carbocycles. The third-order valence-corrected chi connectivity index (χ3v) is 7.97. The number of hydrogen-bond donors (Lipinski definition) is 2. The molecule has 0 aromatic carbocycles. The Hall–Kier alpha value is -2.53. The second kappa shape index (κ2) is 8.60. The first-order chi connectivity index (χ1) is 16.5. The summed E-state index contributed by atoms with van der Waals surface area (Å²) < 4.78 is 21.9. The van der Waals surface area contributed by atoms with E-state index in [1.54, 1.807) is 17.8 Å². The maximum absolute atomic E-state index is 14.8. The number of nitrogens with zero attached hydrogens (tertiary/aromatic N) is 4. The van der Waals surface area contributed by atoms with E-state index in [2.05, 4.69) is 26.3 Å². The van der Waals surface area contributed by atoms with Crippen molar-refractivity contribution in [2.75, 3.05) is 32.0 Å². The van der Waals surface area contributed by atoms with Crippen molar-refractivity contribution in [2.24, 2.45) is 0 Å². The van der Waals surface area contributed by atoms with Crippen molar-refractivity contribution >= 4 is 22.8 Å². The first-order valence-corrected chi connectivity index (χ1v) is 12.6. The minimum atomic E-state index is -1.45. The second-order valence-electron chi connectivity index (χ2n) is 9.25. The smallest absolute Gasteiger partial charge is 0.251 e. The van der Waals surface area contributed by atoms with Gasteiger partial charge in [0.1, 0.15) is 11.4 Å². The van der Waals surface area contributed by atoms with Gasteiger partial charge >= 0.3 is 0 Å². The first-order valence-electron chi connectivity index (χ1n) is 11.6. The molecule has 8 nitrogen and oxygen atoms in total. The number of halogens is 1. The molecule has 0 spiro atoms. The highest BCUT2D eigenvalue weighted by Gasteiger charge is 2.43. The van der Waals surface area contributed by atoms with E-state index in [-0.39, 0.29) is 24.2 Å².